The summed E-state index contributed by atoms with van der Waals surface area (Å²) >= 11 is 0. The van der Waals surface area contributed by atoms with Crippen molar-refractivity contribution >= 4 is 11.9 Å². The minimum Gasteiger partial charge on any atom is -0.478 e. The van der Waals surface area contributed by atoms with Crippen molar-refractivity contribution < 1.29 is 14.7 Å². The van der Waals surface area contributed by atoms with Crippen LogP contribution in [0.5, 0.6) is 0 Å². The van der Waals surface area contributed by atoms with Gasteiger partial charge in [-0.15, -0.1) is 0 Å². The number of hydrogen-bond acceptors (Lipinski definition) is 2. The molecule has 0 aromatic rings. The minimum atomic E-state index is -1.01. The molecule has 1 amide bonds. The Hall–Kier alpha value is -1.32. The van der Waals surface area contributed by atoms with E-state index in [9.17, 15) is 9.59 Å². The van der Waals surface area contributed by atoms with Crippen molar-refractivity contribution in [2.75, 3.05) is 6.54 Å². The third-order valence-electron chi connectivity index (χ3n) is 3.71. The van der Waals surface area contributed by atoms with Gasteiger partial charge in [-0.3, -0.25) is 4.79 Å². The third-order valence-corrected chi connectivity index (χ3v) is 3.71. The molecule has 1 unspecified atom stereocenters. The lowest BCUT2D eigenvalue weighted by molar-refractivity contribution is -0.134. The van der Waals surface area contributed by atoms with Crippen molar-refractivity contribution in [1.82, 2.24) is 4.90 Å². The van der Waals surface area contributed by atoms with Gasteiger partial charge in [0.2, 0.25) is 5.91 Å². The van der Waals surface area contributed by atoms with Gasteiger partial charge in [0.05, 0.1) is 0 Å². The Morgan fingerprint density at radius 1 is 1.22 bits per heavy atom. The third kappa shape index (κ3) is 3.34. The zero-order valence-electron chi connectivity index (χ0n) is 11.5. The maximum absolute atomic E-state index is 12.3. The normalized spacial score (nSPS) is 21.5. The first-order valence-corrected chi connectivity index (χ1v) is 6.70. The molecule has 0 spiro atoms. The summed E-state index contributed by atoms with van der Waals surface area (Å²) < 4.78 is 0. The summed E-state index contributed by atoms with van der Waals surface area (Å²) in [5.74, 6) is -1.11. The van der Waals surface area contributed by atoms with Gasteiger partial charge in [-0.2, -0.15) is 0 Å². The van der Waals surface area contributed by atoms with Gasteiger partial charge in [0, 0.05) is 23.7 Å². The number of hydrogen-bond donors (Lipinski definition) is 1. The Morgan fingerprint density at radius 2 is 1.89 bits per heavy atom. The Labute approximate surface area is 109 Å². The number of amides is 1. The number of carboxylic acids is 1. The number of carbonyl (C=O) groups excluding carboxylic acids is 1. The number of likely N-dealkylation sites (tertiary alicyclic amines) is 1. The molecule has 1 atom stereocenters. The lowest BCUT2D eigenvalue weighted by atomic mass is 9.96. The highest BCUT2D eigenvalue weighted by Crippen LogP contribution is 2.23. The topological polar surface area (TPSA) is 57.6 Å². The fourth-order valence-electron chi connectivity index (χ4n) is 2.44. The van der Waals surface area contributed by atoms with Crippen LogP contribution in [0, 0.1) is 0 Å². The Kier molecular flexibility index (Phi) is 5.38. The van der Waals surface area contributed by atoms with Gasteiger partial charge in [-0.05, 0) is 39.5 Å². The lowest BCUT2D eigenvalue weighted by Gasteiger charge is -2.36. The van der Waals surface area contributed by atoms with Crippen LogP contribution in [0.1, 0.15) is 52.9 Å². The molecule has 4 heteroatoms. The molecule has 0 saturated carbocycles. The summed E-state index contributed by atoms with van der Waals surface area (Å²) in [5.41, 5.74) is 0.520. The van der Waals surface area contributed by atoms with E-state index in [1.54, 1.807) is 6.92 Å². The number of aliphatic carboxylic acids is 1. The van der Waals surface area contributed by atoms with Crippen molar-refractivity contribution in [3.63, 3.8) is 0 Å². The molecule has 0 aliphatic carbocycles. The SMILES string of the molecule is CCCC1CCCCN1C(=O)C(C)=C(C)C(=O)O. The Balaban J connectivity index is 2.86. The molecule has 4 nitrogen and oxygen atoms in total. The summed E-state index contributed by atoms with van der Waals surface area (Å²) in [6.45, 7) is 5.98. The predicted octanol–water partition coefficient (Wildman–Crippen LogP) is 2.59. The van der Waals surface area contributed by atoms with Gasteiger partial charge in [0.25, 0.3) is 0 Å². The second-order valence-electron chi connectivity index (χ2n) is 4.99. The number of nitrogens with zero attached hydrogens (tertiary/aromatic N) is 1. The summed E-state index contributed by atoms with van der Waals surface area (Å²) in [6.07, 6.45) is 5.28. The molecule has 1 aliphatic heterocycles. The molecule has 1 saturated heterocycles. The van der Waals surface area contributed by atoms with Crippen LogP contribution in [0.3, 0.4) is 0 Å². The summed E-state index contributed by atoms with van der Waals surface area (Å²) in [4.78, 5) is 25.1. The van der Waals surface area contributed by atoms with Crippen molar-refractivity contribution in [2.24, 2.45) is 0 Å². The first-order chi connectivity index (χ1) is 8.49. The van der Waals surface area contributed by atoms with Gasteiger partial charge in [0.15, 0.2) is 0 Å². The van der Waals surface area contributed by atoms with Crippen molar-refractivity contribution in [1.29, 1.82) is 0 Å². The molecular formula is C14H23NO3. The molecule has 102 valence electrons. The summed E-state index contributed by atoms with van der Waals surface area (Å²) in [5, 5.41) is 8.94. The van der Waals surface area contributed by atoms with Crippen LogP contribution in [-0.4, -0.2) is 34.5 Å². The predicted molar refractivity (Wildman–Crippen MR) is 70.3 cm³/mol. The van der Waals surface area contributed by atoms with Crippen molar-refractivity contribution in [2.45, 2.75) is 58.9 Å². The van der Waals surface area contributed by atoms with E-state index in [2.05, 4.69) is 6.92 Å². The first-order valence-electron chi connectivity index (χ1n) is 6.70. The zero-order chi connectivity index (χ0) is 13.7. The van der Waals surface area contributed by atoms with E-state index in [0.717, 1.165) is 38.6 Å². The summed E-state index contributed by atoms with van der Waals surface area (Å²) in [6, 6.07) is 0.285. The standard InChI is InChI=1S/C14H23NO3/c1-4-7-12-8-5-6-9-15(12)13(16)10(2)11(3)14(17)18/h12H,4-9H2,1-3H3,(H,17,18). The molecule has 1 rings (SSSR count). The van der Waals surface area contributed by atoms with E-state index in [-0.39, 0.29) is 17.5 Å². The number of piperidine rings is 1. The summed E-state index contributed by atoms with van der Waals surface area (Å²) in [7, 11) is 0. The van der Waals surface area contributed by atoms with E-state index in [1.165, 1.54) is 6.92 Å². The van der Waals surface area contributed by atoms with Crippen LogP contribution >= 0.6 is 0 Å². The number of carboxylic acid groups (broad SMARTS) is 1. The Bertz CT molecular complexity index is 358. The molecule has 0 aromatic heterocycles. The maximum Gasteiger partial charge on any atom is 0.331 e. The molecule has 0 aromatic carbocycles. The zero-order valence-corrected chi connectivity index (χ0v) is 11.5. The molecule has 0 radical (unpaired) electrons. The van der Waals surface area contributed by atoms with Crippen LogP contribution in [0.4, 0.5) is 0 Å². The number of carbonyl (C=O) groups is 2. The van der Waals surface area contributed by atoms with E-state index >= 15 is 0 Å². The molecule has 0 bridgehead atoms. The van der Waals surface area contributed by atoms with Gasteiger partial charge in [0.1, 0.15) is 0 Å². The molecule has 18 heavy (non-hydrogen) atoms. The Morgan fingerprint density at radius 3 is 2.44 bits per heavy atom. The minimum absolute atomic E-state index is 0.104. The van der Waals surface area contributed by atoms with Gasteiger partial charge in [-0.1, -0.05) is 13.3 Å². The monoisotopic (exact) mass is 253 g/mol. The van der Waals surface area contributed by atoms with E-state index in [0.29, 0.717) is 5.57 Å². The smallest absolute Gasteiger partial charge is 0.331 e. The fourth-order valence-corrected chi connectivity index (χ4v) is 2.44. The van der Waals surface area contributed by atoms with E-state index < -0.39 is 5.97 Å². The maximum atomic E-state index is 12.3. The second kappa shape index (κ2) is 6.57. The highest BCUT2D eigenvalue weighted by Gasteiger charge is 2.27. The molecule has 1 aliphatic rings. The van der Waals surface area contributed by atoms with Crippen LogP contribution in [0.25, 0.3) is 0 Å². The van der Waals surface area contributed by atoms with Gasteiger partial charge in [-0.25, -0.2) is 4.79 Å². The molecule has 1 N–H and O–H groups in total. The van der Waals surface area contributed by atoms with E-state index in [1.807, 2.05) is 4.90 Å². The molecular weight excluding hydrogens is 230 g/mol. The van der Waals surface area contributed by atoms with Crippen LogP contribution < -0.4 is 0 Å². The van der Waals surface area contributed by atoms with Crippen LogP contribution in [0.15, 0.2) is 11.1 Å². The van der Waals surface area contributed by atoms with Crippen molar-refractivity contribution in [3.8, 4) is 0 Å². The van der Waals surface area contributed by atoms with E-state index in [4.69, 9.17) is 5.11 Å². The average Bonchev–Trinajstić information content (AvgIpc) is 2.37. The fraction of sp³-hybridized carbons (Fsp3) is 0.714. The lowest BCUT2D eigenvalue weighted by Crippen LogP contribution is -2.44. The van der Waals surface area contributed by atoms with Crippen LogP contribution in [0.2, 0.25) is 0 Å². The van der Waals surface area contributed by atoms with Crippen LogP contribution in [-0.2, 0) is 9.59 Å². The first kappa shape index (κ1) is 14.7. The van der Waals surface area contributed by atoms with Crippen molar-refractivity contribution in [3.05, 3.63) is 11.1 Å². The molecule has 1 heterocycles. The highest BCUT2D eigenvalue weighted by atomic mass is 16.4. The highest BCUT2D eigenvalue weighted by molar-refractivity contribution is 6.01. The second-order valence-corrected chi connectivity index (χ2v) is 4.99. The average molecular weight is 253 g/mol. The number of rotatable bonds is 4. The molecule has 1 fully saturated rings. The quantitative estimate of drug-likeness (QED) is 0.783. The van der Waals surface area contributed by atoms with Gasteiger partial charge >= 0.3 is 5.97 Å². The largest absolute Gasteiger partial charge is 0.478 e. The van der Waals surface area contributed by atoms with Gasteiger partial charge < -0.3 is 10.0 Å².